The number of carbonyl (C=O) groups is 1. The predicted molar refractivity (Wildman–Crippen MR) is 82.4 cm³/mol. The number of piperidine rings is 1. The molecule has 0 aliphatic carbocycles. The van der Waals surface area contributed by atoms with E-state index in [0.717, 1.165) is 25.9 Å². The van der Waals surface area contributed by atoms with E-state index in [1.165, 1.54) is 10.6 Å². The first-order chi connectivity index (χ1) is 9.79. The van der Waals surface area contributed by atoms with Crippen LogP contribution in [0, 0.1) is 5.92 Å². The molecule has 2 fully saturated rings. The van der Waals surface area contributed by atoms with Gasteiger partial charge in [0.15, 0.2) is 0 Å². The number of amides is 1. The van der Waals surface area contributed by atoms with E-state index in [2.05, 4.69) is 11.8 Å². The van der Waals surface area contributed by atoms with E-state index in [9.17, 15) is 13.2 Å². The van der Waals surface area contributed by atoms with Crippen molar-refractivity contribution in [2.75, 3.05) is 45.5 Å². The van der Waals surface area contributed by atoms with Crippen LogP contribution in [0.25, 0.3) is 0 Å². The van der Waals surface area contributed by atoms with Crippen molar-refractivity contribution in [2.45, 2.75) is 32.7 Å². The second-order valence-electron chi connectivity index (χ2n) is 6.38. The molecule has 2 heterocycles. The van der Waals surface area contributed by atoms with Crippen molar-refractivity contribution < 1.29 is 13.2 Å². The minimum Gasteiger partial charge on any atom is -0.341 e. The van der Waals surface area contributed by atoms with Crippen LogP contribution in [0.4, 0.5) is 0 Å². The molecule has 6 nitrogen and oxygen atoms in total. The zero-order chi connectivity index (χ0) is 15.6. The zero-order valence-electron chi connectivity index (χ0n) is 13.3. The highest BCUT2D eigenvalue weighted by Crippen LogP contribution is 2.18. The first-order valence-electron chi connectivity index (χ1n) is 7.77. The fraction of sp³-hybridized carbons (Fsp3) is 0.929. The van der Waals surface area contributed by atoms with Crippen LogP contribution in [-0.2, 0) is 14.8 Å². The molecule has 2 rings (SSSR count). The van der Waals surface area contributed by atoms with Crippen molar-refractivity contribution in [2.24, 2.45) is 5.92 Å². The smallest absolute Gasteiger partial charge is 0.239 e. The zero-order valence-corrected chi connectivity index (χ0v) is 14.1. The highest BCUT2D eigenvalue weighted by Gasteiger charge is 2.31. The van der Waals surface area contributed by atoms with Gasteiger partial charge in [0.25, 0.3) is 0 Å². The molecule has 21 heavy (non-hydrogen) atoms. The highest BCUT2D eigenvalue weighted by atomic mass is 32.2. The highest BCUT2D eigenvalue weighted by molar-refractivity contribution is 7.88. The Morgan fingerprint density at radius 1 is 1.05 bits per heavy atom. The van der Waals surface area contributed by atoms with E-state index in [1.54, 1.807) is 0 Å². The van der Waals surface area contributed by atoms with Gasteiger partial charge in [0.1, 0.15) is 0 Å². The molecule has 0 spiro atoms. The molecule has 0 aromatic heterocycles. The Balaban J connectivity index is 1.87. The summed E-state index contributed by atoms with van der Waals surface area (Å²) in [6.07, 6.45) is 3.41. The number of hydrogen-bond donors (Lipinski definition) is 0. The lowest BCUT2D eigenvalue weighted by atomic mass is 9.98. The molecule has 2 aliphatic heterocycles. The second-order valence-corrected chi connectivity index (χ2v) is 8.36. The summed E-state index contributed by atoms with van der Waals surface area (Å²) in [5.74, 6) is 0.900. The van der Waals surface area contributed by atoms with Crippen molar-refractivity contribution in [3.05, 3.63) is 0 Å². The van der Waals surface area contributed by atoms with Crippen molar-refractivity contribution in [1.82, 2.24) is 14.1 Å². The number of likely N-dealkylation sites (tertiary alicyclic amines) is 1. The molecule has 1 amide bonds. The molecule has 0 aromatic carbocycles. The third-order valence-electron chi connectivity index (χ3n) is 4.74. The fourth-order valence-electron chi connectivity index (χ4n) is 3.07. The van der Waals surface area contributed by atoms with Gasteiger partial charge in [0.05, 0.1) is 12.3 Å². The predicted octanol–water partition coefficient (Wildman–Crippen LogP) is 0.211. The topological polar surface area (TPSA) is 60.9 Å². The van der Waals surface area contributed by atoms with Gasteiger partial charge in [0, 0.05) is 39.3 Å². The largest absolute Gasteiger partial charge is 0.341 e. The van der Waals surface area contributed by atoms with Crippen LogP contribution in [0.15, 0.2) is 0 Å². The summed E-state index contributed by atoms with van der Waals surface area (Å²) >= 11 is 0. The number of rotatable bonds is 3. The van der Waals surface area contributed by atoms with Crippen molar-refractivity contribution in [3.8, 4) is 0 Å². The Morgan fingerprint density at radius 3 is 2.05 bits per heavy atom. The van der Waals surface area contributed by atoms with E-state index < -0.39 is 10.0 Å². The molecule has 1 unspecified atom stereocenters. The van der Waals surface area contributed by atoms with Crippen LogP contribution >= 0.6 is 0 Å². The summed E-state index contributed by atoms with van der Waals surface area (Å²) in [5, 5.41) is 0. The van der Waals surface area contributed by atoms with E-state index in [0.29, 0.717) is 32.1 Å². The van der Waals surface area contributed by atoms with Crippen molar-refractivity contribution in [1.29, 1.82) is 0 Å². The van der Waals surface area contributed by atoms with Gasteiger partial charge in [-0.05, 0) is 25.7 Å². The van der Waals surface area contributed by atoms with Crippen molar-refractivity contribution in [3.63, 3.8) is 0 Å². The third kappa shape index (κ3) is 4.17. The molecule has 122 valence electrons. The van der Waals surface area contributed by atoms with Gasteiger partial charge in [-0.3, -0.25) is 9.69 Å². The minimum atomic E-state index is -3.11. The van der Waals surface area contributed by atoms with Crippen LogP contribution in [0.2, 0.25) is 0 Å². The van der Waals surface area contributed by atoms with Crippen LogP contribution < -0.4 is 0 Å². The summed E-state index contributed by atoms with van der Waals surface area (Å²) in [7, 11) is -3.11. The molecule has 0 saturated carbocycles. The average Bonchev–Trinajstić information content (AvgIpc) is 2.46. The second kappa shape index (κ2) is 6.62. The molecular weight excluding hydrogens is 290 g/mol. The standard InChI is InChI=1S/C14H27N3O3S/c1-12-4-6-16(7-5-12)14(18)13(2)15-8-10-17(11-9-15)21(3,19)20/h12-13H,4-11H2,1-3H3. The molecule has 0 radical (unpaired) electrons. The lowest BCUT2D eigenvalue weighted by molar-refractivity contribution is -0.138. The Hall–Kier alpha value is -0.660. The summed E-state index contributed by atoms with van der Waals surface area (Å²) in [5.41, 5.74) is 0. The van der Waals surface area contributed by atoms with E-state index in [1.807, 2.05) is 11.8 Å². The van der Waals surface area contributed by atoms with Gasteiger partial charge in [-0.25, -0.2) is 8.42 Å². The summed E-state index contributed by atoms with van der Waals surface area (Å²) in [6.45, 7) is 8.10. The summed E-state index contributed by atoms with van der Waals surface area (Å²) in [4.78, 5) is 16.6. The minimum absolute atomic E-state index is 0.153. The van der Waals surface area contributed by atoms with Crippen LogP contribution in [-0.4, -0.2) is 80.0 Å². The maximum Gasteiger partial charge on any atom is 0.239 e. The lowest BCUT2D eigenvalue weighted by Gasteiger charge is -2.39. The molecule has 2 aliphatic rings. The number of sulfonamides is 1. The SMILES string of the molecule is CC1CCN(C(=O)C(C)N2CCN(S(C)(=O)=O)CC2)CC1. The fourth-order valence-corrected chi connectivity index (χ4v) is 3.90. The third-order valence-corrected chi connectivity index (χ3v) is 6.05. The molecule has 0 bridgehead atoms. The Labute approximate surface area is 128 Å². The lowest BCUT2D eigenvalue weighted by Crippen LogP contribution is -2.56. The van der Waals surface area contributed by atoms with Gasteiger partial charge >= 0.3 is 0 Å². The molecule has 7 heteroatoms. The molecule has 0 aromatic rings. The van der Waals surface area contributed by atoms with Crippen LogP contribution in [0.1, 0.15) is 26.7 Å². The molecular formula is C14H27N3O3S. The average molecular weight is 317 g/mol. The monoisotopic (exact) mass is 317 g/mol. The van der Waals surface area contributed by atoms with Crippen LogP contribution in [0.3, 0.4) is 0 Å². The first-order valence-corrected chi connectivity index (χ1v) is 9.62. The number of carbonyl (C=O) groups excluding carboxylic acids is 1. The molecule has 1 atom stereocenters. The van der Waals surface area contributed by atoms with Gasteiger partial charge < -0.3 is 4.90 Å². The summed E-state index contributed by atoms with van der Waals surface area (Å²) in [6, 6.07) is -0.153. The number of nitrogens with zero attached hydrogens (tertiary/aromatic N) is 3. The Morgan fingerprint density at radius 2 is 1.57 bits per heavy atom. The quantitative estimate of drug-likeness (QED) is 0.747. The summed E-state index contributed by atoms with van der Waals surface area (Å²) < 4.78 is 24.5. The van der Waals surface area contributed by atoms with Gasteiger partial charge in [-0.2, -0.15) is 4.31 Å². The van der Waals surface area contributed by atoms with Gasteiger partial charge in [-0.1, -0.05) is 6.92 Å². The normalized spacial score (nSPS) is 25.0. The van der Waals surface area contributed by atoms with Gasteiger partial charge in [-0.15, -0.1) is 0 Å². The first kappa shape index (κ1) is 16.7. The molecule has 2 saturated heterocycles. The molecule has 0 N–H and O–H groups in total. The van der Waals surface area contributed by atoms with Crippen molar-refractivity contribution >= 4 is 15.9 Å². The Kier molecular flexibility index (Phi) is 5.27. The Bertz CT molecular complexity index is 464. The van der Waals surface area contributed by atoms with E-state index in [4.69, 9.17) is 0 Å². The van der Waals surface area contributed by atoms with E-state index in [-0.39, 0.29) is 11.9 Å². The van der Waals surface area contributed by atoms with E-state index >= 15 is 0 Å². The number of piperazine rings is 1. The maximum absolute atomic E-state index is 12.5. The van der Waals surface area contributed by atoms with Crippen LogP contribution in [0.5, 0.6) is 0 Å². The number of hydrogen-bond acceptors (Lipinski definition) is 4. The van der Waals surface area contributed by atoms with Gasteiger partial charge in [0.2, 0.25) is 15.9 Å². The maximum atomic E-state index is 12.5.